The molecule has 3 N–H and O–H groups in total. The van der Waals surface area contributed by atoms with E-state index in [9.17, 15) is 18.0 Å². The molecule has 0 aliphatic rings. The second-order valence-electron chi connectivity index (χ2n) is 4.61. The van der Waals surface area contributed by atoms with Gasteiger partial charge < -0.3 is 20.2 Å². The molecular formula is C13H9F3IN3O3. The standard InChI is InChI=1S/C11H8IN3O.C2HF3O2/c1-15-3-2-5-4-14-9-6(5)10(15)7(12)8(13)11(9)16;3-2(4,5)1(6)7/h2-4H,13H2,1H3;(H,6,7). The quantitative estimate of drug-likeness (QED) is 0.406. The molecule has 0 saturated carbocycles. The van der Waals surface area contributed by atoms with Gasteiger partial charge in [0.1, 0.15) is 11.7 Å². The van der Waals surface area contributed by atoms with E-state index < -0.39 is 12.1 Å². The van der Waals surface area contributed by atoms with Gasteiger partial charge in [0.15, 0.2) is 6.20 Å². The highest BCUT2D eigenvalue weighted by atomic mass is 127. The normalized spacial score (nSPS) is 11.5. The number of aromatic nitrogens is 2. The zero-order chi connectivity index (χ0) is 17.5. The third-order valence-electron chi connectivity index (χ3n) is 3.13. The second kappa shape index (κ2) is 5.83. The summed E-state index contributed by atoms with van der Waals surface area (Å²) in [4.78, 5) is 23.7. The maximum atomic E-state index is 12.0. The van der Waals surface area contributed by atoms with Crippen LogP contribution in [0.15, 0.2) is 23.3 Å². The summed E-state index contributed by atoms with van der Waals surface area (Å²) in [5.74, 6) is -3.01. The van der Waals surface area contributed by atoms with Crippen LogP contribution in [0, 0.1) is 3.57 Å². The number of hydrogen-bond acceptors (Lipinski definition) is 4. The van der Waals surface area contributed by atoms with Gasteiger partial charge in [-0.3, -0.25) is 4.79 Å². The number of nitrogens with two attached hydrogens (primary N) is 1. The van der Waals surface area contributed by atoms with Crippen molar-refractivity contribution in [2.75, 3.05) is 5.73 Å². The van der Waals surface area contributed by atoms with E-state index in [4.69, 9.17) is 15.6 Å². The van der Waals surface area contributed by atoms with Crippen molar-refractivity contribution in [2.45, 2.75) is 6.18 Å². The number of rotatable bonds is 0. The maximum Gasteiger partial charge on any atom is 0.430 e. The van der Waals surface area contributed by atoms with Gasteiger partial charge in [-0.1, -0.05) is 0 Å². The van der Waals surface area contributed by atoms with E-state index in [1.807, 2.05) is 30.1 Å². The zero-order valence-corrected chi connectivity index (χ0v) is 13.7. The van der Waals surface area contributed by atoms with Gasteiger partial charge in [-0.05, 0) is 28.7 Å². The van der Waals surface area contributed by atoms with Gasteiger partial charge in [0.25, 0.3) is 10.9 Å². The number of carbonyl (C=O) groups excluding carboxylic acids is 1. The van der Waals surface area contributed by atoms with Crippen molar-refractivity contribution in [1.82, 2.24) is 4.57 Å². The van der Waals surface area contributed by atoms with Crippen molar-refractivity contribution in [1.29, 1.82) is 0 Å². The molecule has 0 atom stereocenters. The van der Waals surface area contributed by atoms with Crippen LogP contribution in [0.3, 0.4) is 0 Å². The van der Waals surface area contributed by atoms with Gasteiger partial charge in [0.05, 0.1) is 19.9 Å². The summed E-state index contributed by atoms with van der Waals surface area (Å²) in [6, 6.07) is 1.98. The molecule has 2 heterocycles. The Hall–Kier alpha value is -2.11. The van der Waals surface area contributed by atoms with Crippen LogP contribution in [0.25, 0.3) is 21.8 Å². The summed E-state index contributed by atoms with van der Waals surface area (Å²) in [6.45, 7) is 0. The minimum Gasteiger partial charge on any atom is -0.542 e. The third-order valence-corrected chi connectivity index (χ3v) is 4.22. The van der Waals surface area contributed by atoms with Gasteiger partial charge >= 0.3 is 6.18 Å². The Morgan fingerprint density at radius 1 is 1.43 bits per heavy atom. The molecule has 3 rings (SSSR count). The number of nitrogens with one attached hydrogen (secondary N) is 1. The summed E-state index contributed by atoms with van der Waals surface area (Å²) in [7, 11) is 1.95. The maximum absolute atomic E-state index is 12.0. The lowest BCUT2D eigenvalue weighted by molar-refractivity contribution is -0.344. The molecule has 0 fully saturated rings. The molecule has 6 nitrogen and oxygen atoms in total. The fourth-order valence-corrected chi connectivity index (χ4v) is 2.97. The van der Waals surface area contributed by atoms with E-state index in [-0.39, 0.29) is 5.43 Å². The number of benzene rings is 1. The molecule has 10 heteroatoms. The first-order valence-electron chi connectivity index (χ1n) is 6.04. The molecule has 3 aromatic rings. The van der Waals surface area contributed by atoms with Crippen molar-refractivity contribution in [3.63, 3.8) is 0 Å². The minimum atomic E-state index is -5.19. The number of aromatic amines is 1. The first kappa shape index (κ1) is 17.2. The van der Waals surface area contributed by atoms with E-state index in [0.29, 0.717) is 11.2 Å². The predicted octanol–water partition coefficient (Wildman–Crippen LogP) is 0.429. The number of carboxylic acid groups (broad SMARTS) is 1. The van der Waals surface area contributed by atoms with Gasteiger partial charge in [-0.15, -0.1) is 0 Å². The van der Waals surface area contributed by atoms with E-state index in [0.717, 1.165) is 19.9 Å². The van der Waals surface area contributed by atoms with Crippen LogP contribution in [-0.4, -0.2) is 16.7 Å². The molecular weight excluding hydrogens is 430 g/mol. The lowest BCUT2D eigenvalue weighted by atomic mass is 10.1. The summed E-state index contributed by atoms with van der Waals surface area (Å²) in [5, 5.41) is 10.8. The van der Waals surface area contributed by atoms with Crippen LogP contribution in [0.1, 0.15) is 0 Å². The number of pyridine rings is 1. The Morgan fingerprint density at radius 2 is 2.00 bits per heavy atom. The second-order valence-corrected chi connectivity index (χ2v) is 5.69. The number of nitrogens with zero attached hydrogens (tertiary/aromatic N) is 1. The molecule has 0 spiro atoms. The van der Waals surface area contributed by atoms with Gasteiger partial charge in [-0.25, -0.2) is 4.98 Å². The van der Waals surface area contributed by atoms with Crippen LogP contribution >= 0.6 is 22.6 Å². The molecule has 0 radical (unpaired) electrons. The molecule has 2 aromatic heterocycles. The molecule has 0 saturated heterocycles. The number of aryl methyl sites for hydroxylation is 1. The fraction of sp³-hybridized carbons (Fsp3) is 0.154. The van der Waals surface area contributed by atoms with Crippen molar-refractivity contribution < 1.29 is 28.1 Å². The number of halogens is 4. The van der Waals surface area contributed by atoms with Crippen LogP contribution in [-0.2, 0) is 11.8 Å². The number of H-pyrrole nitrogens is 1. The molecule has 0 amide bonds. The molecule has 0 bridgehead atoms. The van der Waals surface area contributed by atoms with Crippen LogP contribution in [0.5, 0.6) is 0 Å². The molecule has 1 aromatic carbocycles. The summed E-state index contributed by atoms with van der Waals surface area (Å²) >= 11 is 2.13. The highest BCUT2D eigenvalue weighted by Gasteiger charge is 2.28. The molecule has 0 unspecified atom stereocenters. The minimum absolute atomic E-state index is 0.113. The largest absolute Gasteiger partial charge is 0.542 e. The monoisotopic (exact) mass is 439 g/mol. The Bertz CT molecular complexity index is 953. The average molecular weight is 439 g/mol. The fourth-order valence-electron chi connectivity index (χ4n) is 2.07. The highest BCUT2D eigenvalue weighted by molar-refractivity contribution is 14.1. The Kier molecular flexibility index (Phi) is 4.37. The predicted molar refractivity (Wildman–Crippen MR) is 82.6 cm³/mol. The van der Waals surface area contributed by atoms with Gasteiger partial charge in [-0.2, -0.15) is 13.2 Å². The zero-order valence-electron chi connectivity index (χ0n) is 11.5. The van der Waals surface area contributed by atoms with Crippen LogP contribution in [0.2, 0.25) is 0 Å². The van der Waals surface area contributed by atoms with Crippen molar-refractivity contribution >= 4 is 56.1 Å². The first-order chi connectivity index (χ1) is 10.6. The van der Waals surface area contributed by atoms with E-state index >= 15 is 0 Å². The number of aliphatic carboxylic acids is 1. The topological polar surface area (TPSA) is 102 Å². The Labute approximate surface area is 140 Å². The summed E-state index contributed by atoms with van der Waals surface area (Å²) in [5.41, 5.74) is 7.64. The number of hydrogen-bond donors (Lipinski definition) is 1. The average Bonchev–Trinajstić information content (AvgIpc) is 2.87. The van der Waals surface area contributed by atoms with Gasteiger partial charge in [0.2, 0.25) is 0 Å². The van der Waals surface area contributed by atoms with Crippen LogP contribution < -0.4 is 21.3 Å². The number of carbonyl (C=O) groups is 1. The number of nitrogen functional groups attached to an aromatic ring is 1. The Morgan fingerprint density at radius 3 is 2.52 bits per heavy atom. The smallest absolute Gasteiger partial charge is 0.430 e. The van der Waals surface area contributed by atoms with E-state index in [2.05, 4.69) is 27.6 Å². The lowest BCUT2D eigenvalue weighted by Crippen LogP contribution is -2.37. The number of anilines is 1. The Balaban J connectivity index is 0.000000236. The lowest BCUT2D eigenvalue weighted by Gasteiger charge is -2.07. The first-order valence-corrected chi connectivity index (χ1v) is 7.11. The summed E-state index contributed by atoms with van der Waals surface area (Å²) in [6.07, 6.45) is -1.38. The summed E-state index contributed by atoms with van der Waals surface area (Å²) < 4.78 is 34.4. The van der Waals surface area contributed by atoms with Crippen molar-refractivity contribution in [2.24, 2.45) is 7.05 Å². The van der Waals surface area contributed by atoms with Gasteiger partial charge in [0, 0.05) is 13.2 Å². The van der Waals surface area contributed by atoms with E-state index in [1.165, 1.54) is 0 Å². The SMILES string of the molecule is Cn1ccc2c[nH+]c3c(=O)c(N)c(I)c1c23.O=C([O-])C(F)(F)F. The highest BCUT2D eigenvalue weighted by Crippen LogP contribution is 2.28. The number of carboxylic acids is 1. The number of alkyl halides is 3. The van der Waals surface area contributed by atoms with Crippen LogP contribution in [0.4, 0.5) is 18.9 Å². The third kappa shape index (κ3) is 3.02. The molecule has 122 valence electrons. The molecule has 23 heavy (non-hydrogen) atoms. The molecule has 0 aliphatic heterocycles. The van der Waals surface area contributed by atoms with Crippen molar-refractivity contribution in [3.8, 4) is 0 Å². The van der Waals surface area contributed by atoms with E-state index in [1.54, 1.807) is 0 Å². The van der Waals surface area contributed by atoms with Crippen molar-refractivity contribution in [3.05, 3.63) is 32.3 Å². The molecule has 0 aliphatic carbocycles.